The third kappa shape index (κ3) is 3.15. The van der Waals surface area contributed by atoms with E-state index < -0.39 is 0 Å². The van der Waals surface area contributed by atoms with Gasteiger partial charge in [0.1, 0.15) is 5.75 Å². The number of hydrogen-bond acceptors (Lipinski definition) is 3. The maximum absolute atomic E-state index is 12.6. The Kier molecular flexibility index (Phi) is 4.84. The normalized spacial score (nSPS) is 19.3. The van der Waals surface area contributed by atoms with Gasteiger partial charge in [-0.25, -0.2) is 4.79 Å². The van der Waals surface area contributed by atoms with Crippen LogP contribution in [0.25, 0.3) is 0 Å². The first-order valence-corrected chi connectivity index (χ1v) is 9.78. The number of nitrogens with zero attached hydrogens (tertiary/aromatic N) is 1. The van der Waals surface area contributed by atoms with Crippen LogP contribution in [0.5, 0.6) is 5.75 Å². The van der Waals surface area contributed by atoms with E-state index in [0.29, 0.717) is 6.41 Å². The number of amides is 3. The molecule has 1 N–H and O–H groups in total. The molecule has 28 heavy (non-hydrogen) atoms. The number of aryl methyl sites for hydroxylation is 2. The van der Waals surface area contributed by atoms with Crippen molar-refractivity contribution in [1.29, 1.82) is 0 Å². The Labute approximate surface area is 165 Å². The van der Waals surface area contributed by atoms with Crippen LogP contribution >= 0.6 is 0 Å². The van der Waals surface area contributed by atoms with Crippen molar-refractivity contribution >= 4 is 12.4 Å². The lowest BCUT2D eigenvalue weighted by molar-refractivity contribution is -0.114. The van der Waals surface area contributed by atoms with Crippen molar-refractivity contribution in [2.45, 2.75) is 38.1 Å². The van der Waals surface area contributed by atoms with E-state index in [0.717, 1.165) is 48.3 Å². The highest BCUT2D eigenvalue weighted by atomic mass is 16.5. The Morgan fingerprint density at radius 1 is 1.14 bits per heavy atom. The Morgan fingerprint density at radius 2 is 1.82 bits per heavy atom. The number of hydrogen-bond donors (Lipinski definition) is 1. The zero-order valence-electron chi connectivity index (χ0n) is 16.4. The minimum atomic E-state index is -0.364. The number of rotatable bonds is 3. The van der Waals surface area contributed by atoms with E-state index in [1.54, 1.807) is 7.11 Å². The van der Waals surface area contributed by atoms with Crippen LogP contribution in [-0.2, 0) is 24.1 Å². The number of nitrogens with one attached hydrogen (secondary N) is 1. The molecule has 0 radical (unpaired) electrons. The van der Waals surface area contributed by atoms with E-state index in [2.05, 4.69) is 35.6 Å². The number of carbonyl (C=O) groups excluding carboxylic acids is 2. The molecule has 0 saturated carbocycles. The summed E-state index contributed by atoms with van der Waals surface area (Å²) in [5.41, 5.74) is 5.11. The second kappa shape index (κ2) is 7.30. The summed E-state index contributed by atoms with van der Waals surface area (Å²) >= 11 is 0. The molecular weight excluding hydrogens is 352 g/mol. The van der Waals surface area contributed by atoms with Gasteiger partial charge < -0.3 is 10.1 Å². The summed E-state index contributed by atoms with van der Waals surface area (Å²) < 4.78 is 5.43. The van der Waals surface area contributed by atoms with E-state index in [-0.39, 0.29) is 17.5 Å². The fourth-order valence-corrected chi connectivity index (χ4v) is 4.85. The van der Waals surface area contributed by atoms with Crippen molar-refractivity contribution in [2.24, 2.45) is 5.41 Å². The van der Waals surface area contributed by atoms with Crippen molar-refractivity contribution in [2.75, 3.05) is 14.2 Å². The van der Waals surface area contributed by atoms with Gasteiger partial charge in [-0.2, -0.15) is 0 Å². The highest BCUT2D eigenvalue weighted by Crippen LogP contribution is 2.53. The van der Waals surface area contributed by atoms with E-state index in [9.17, 15) is 9.59 Å². The summed E-state index contributed by atoms with van der Waals surface area (Å²) in [5.74, 6) is 0.788. The van der Waals surface area contributed by atoms with Gasteiger partial charge in [0.2, 0.25) is 6.41 Å². The highest BCUT2D eigenvalue weighted by Gasteiger charge is 2.47. The molecule has 0 aliphatic heterocycles. The van der Waals surface area contributed by atoms with Crippen LogP contribution in [0.3, 0.4) is 0 Å². The molecule has 4 rings (SSSR count). The Balaban J connectivity index is 1.71. The second-order valence-corrected chi connectivity index (χ2v) is 7.97. The van der Waals surface area contributed by atoms with Crippen molar-refractivity contribution in [1.82, 2.24) is 10.2 Å². The van der Waals surface area contributed by atoms with Gasteiger partial charge in [-0.05, 0) is 71.9 Å². The molecular formula is C23H26N2O3. The van der Waals surface area contributed by atoms with E-state index >= 15 is 0 Å². The molecule has 146 valence electrons. The highest BCUT2D eigenvalue weighted by molar-refractivity contribution is 5.84. The van der Waals surface area contributed by atoms with Gasteiger partial charge in [0.05, 0.1) is 13.2 Å². The fraction of sp³-hybridized carbons (Fsp3) is 0.391. The number of benzene rings is 2. The Morgan fingerprint density at radius 3 is 2.43 bits per heavy atom. The first kappa shape index (κ1) is 18.5. The van der Waals surface area contributed by atoms with E-state index in [4.69, 9.17) is 4.74 Å². The van der Waals surface area contributed by atoms with Gasteiger partial charge >= 0.3 is 6.03 Å². The molecule has 0 heterocycles. The molecule has 2 aliphatic carbocycles. The van der Waals surface area contributed by atoms with Crippen LogP contribution in [-0.4, -0.2) is 31.5 Å². The molecule has 3 amide bonds. The van der Waals surface area contributed by atoms with Gasteiger partial charge in [0, 0.05) is 7.05 Å². The predicted octanol–water partition coefficient (Wildman–Crippen LogP) is 3.66. The van der Waals surface area contributed by atoms with E-state index in [1.807, 2.05) is 12.1 Å². The largest absolute Gasteiger partial charge is 0.497 e. The van der Waals surface area contributed by atoms with Crippen molar-refractivity contribution < 1.29 is 14.3 Å². The molecule has 5 heteroatoms. The molecule has 0 fully saturated rings. The van der Waals surface area contributed by atoms with Crippen LogP contribution in [0.4, 0.5) is 4.79 Å². The summed E-state index contributed by atoms with van der Waals surface area (Å²) in [6, 6.07) is 14.3. The second-order valence-electron chi connectivity index (χ2n) is 7.97. The number of fused-ring (bicyclic) bond motifs is 2. The molecule has 0 aromatic heterocycles. The molecule has 2 aliphatic rings. The molecule has 0 bridgehead atoms. The lowest BCUT2D eigenvalue weighted by atomic mass is 9.74. The summed E-state index contributed by atoms with van der Waals surface area (Å²) in [6.07, 6.45) is 5.46. The van der Waals surface area contributed by atoms with Crippen LogP contribution in [0, 0.1) is 5.41 Å². The van der Waals surface area contributed by atoms with Crippen LogP contribution in [0.2, 0.25) is 0 Å². The van der Waals surface area contributed by atoms with Crippen LogP contribution < -0.4 is 10.1 Å². The Hall–Kier alpha value is -2.82. The minimum Gasteiger partial charge on any atom is -0.497 e. The van der Waals surface area contributed by atoms with Gasteiger partial charge in [-0.1, -0.05) is 30.3 Å². The maximum Gasteiger partial charge on any atom is 0.324 e. The summed E-state index contributed by atoms with van der Waals surface area (Å²) in [6.45, 7) is 0. The molecule has 1 unspecified atom stereocenters. The maximum atomic E-state index is 12.6. The number of imide groups is 1. The third-order valence-corrected chi connectivity index (χ3v) is 6.47. The quantitative estimate of drug-likeness (QED) is 0.830. The predicted molar refractivity (Wildman–Crippen MR) is 107 cm³/mol. The van der Waals surface area contributed by atoms with Crippen molar-refractivity contribution in [3.05, 3.63) is 64.7 Å². The molecule has 0 saturated heterocycles. The van der Waals surface area contributed by atoms with Gasteiger partial charge in [-0.15, -0.1) is 0 Å². The molecule has 2 aromatic rings. The Bertz CT molecular complexity index is 881. The summed E-state index contributed by atoms with van der Waals surface area (Å²) in [7, 11) is 3.14. The lowest BCUT2D eigenvalue weighted by Gasteiger charge is -2.36. The standard InChI is InChI=1S/C23H26N2O3/c1-25(15-26)22(27)24-21-20-13-19(28-2)8-7-18(20)14-23(21)11-9-16-5-3-4-6-17(16)10-12-23/h3-8,13,15,21H,9-12,14H2,1-2H3,(H,24,27). The SMILES string of the molecule is COc1ccc2c(c1)C(NC(=O)N(C)C=O)C1(CCc3ccccc3CC1)C2. The number of methoxy groups -OCH3 is 1. The van der Waals surface area contributed by atoms with Gasteiger partial charge in [-0.3, -0.25) is 9.69 Å². The smallest absolute Gasteiger partial charge is 0.324 e. The molecule has 1 spiro atoms. The van der Waals surface area contributed by atoms with Gasteiger partial charge in [0.15, 0.2) is 0 Å². The minimum absolute atomic E-state index is 0.0624. The third-order valence-electron chi connectivity index (χ3n) is 6.47. The number of carbonyl (C=O) groups is 2. The molecule has 5 nitrogen and oxygen atoms in total. The average Bonchev–Trinajstić information content (AvgIpc) is 2.89. The fourth-order valence-electron chi connectivity index (χ4n) is 4.85. The van der Waals surface area contributed by atoms with Crippen molar-refractivity contribution in [3.63, 3.8) is 0 Å². The van der Waals surface area contributed by atoms with Crippen LogP contribution in [0.1, 0.15) is 41.1 Å². The monoisotopic (exact) mass is 378 g/mol. The summed E-state index contributed by atoms with van der Waals surface area (Å²) in [4.78, 5) is 24.7. The van der Waals surface area contributed by atoms with Gasteiger partial charge in [0.25, 0.3) is 0 Å². The van der Waals surface area contributed by atoms with Crippen molar-refractivity contribution in [3.8, 4) is 5.75 Å². The molecule has 1 atom stereocenters. The van der Waals surface area contributed by atoms with Crippen LogP contribution in [0.15, 0.2) is 42.5 Å². The first-order chi connectivity index (χ1) is 13.6. The first-order valence-electron chi connectivity index (χ1n) is 9.78. The average molecular weight is 378 g/mol. The zero-order chi connectivity index (χ0) is 19.7. The zero-order valence-corrected chi connectivity index (χ0v) is 16.4. The lowest BCUT2D eigenvalue weighted by Crippen LogP contribution is -2.44. The van der Waals surface area contributed by atoms with E-state index in [1.165, 1.54) is 23.7 Å². The number of urea groups is 1. The summed E-state index contributed by atoms with van der Waals surface area (Å²) in [5, 5.41) is 3.15. The number of ether oxygens (including phenoxy) is 1. The molecule has 2 aromatic carbocycles. The topological polar surface area (TPSA) is 58.6 Å².